The van der Waals surface area contributed by atoms with E-state index in [1.165, 1.54) is 0 Å². The lowest BCUT2D eigenvalue weighted by Crippen LogP contribution is -2.07. The molecule has 2 aromatic carbocycles. The van der Waals surface area contributed by atoms with E-state index in [0.29, 0.717) is 26.1 Å². The maximum atomic E-state index is 9.98. The number of benzene rings is 2. The number of aliphatic hydroxyl groups is 2. The van der Waals surface area contributed by atoms with Crippen molar-refractivity contribution in [2.24, 2.45) is 0 Å². The van der Waals surface area contributed by atoms with Gasteiger partial charge in [-0.25, -0.2) is 0 Å². The van der Waals surface area contributed by atoms with E-state index in [-0.39, 0.29) is 0 Å². The quantitative estimate of drug-likeness (QED) is 0.732. The number of hydrogen-bond acceptors (Lipinski definition) is 3. The van der Waals surface area contributed by atoms with E-state index in [0.717, 1.165) is 11.1 Å². The maximum absolute atomic E-state index is 9.98. The predicted octanol–water partition coefficient (Wildman–Crippen LogP) is 3.25. The highest BCUT2D eigenvalue weighted by Crippen LogP contribution is 2.17. The minimum absolute atomic E-state index is 0.484. The van der Waals surface area contributed by atoms with E-state index in [2.05, 4.69) is 0 Å². The van der Waals surface area contributed by atoms with Crippen molar-refractivity contribution in [3.05, 3.63) is 71.8 Å². The smallest absolute Gasteiger partial charge is 0.0812 e. The molecule has 21 heavy (non-hydrogen) atoms. The van der Waals surface area contributed by atoms with Crippen molar-refractivity contribution in [1.29, 1.82) is 0 Å². The average molecular weight is 286 g/mol. The predicted molar refractivity (Wildman–Crippen MR) is 82.9 cm³/mol. The molecule has 0 saturated heterocycles. The van der Waals surface area contributed by atoms with Crippen LogP contribution in [0.15, 0.2) is 60.7 Å². The molecule has 0 spiro atoms. The number of hydrogen-bond donors (Lipinski definition) is 2. The van der Waals surface area contributed by atoms with E-state index in [9.17, 15) is 10.2 Å². The van der Waals surface area contributed by atoms with E-state index >= 15 is 0 Å². The summed E-state index contributed by atoms with van der Waals surface area (Å²) in [4.78, 5) is 0. The molecule has 2 atom stereocenters. The molecule has 0 aliphatic carbocycles. The summed E-state index contributed by atoms with van der Waals surface area (Å²) in [6, 6.07) is 19.1. The van der Waals surface area contributed by atoms with Gasteiger partial charge in [-0.15, -0.1) is 0 Å². The third-order valence-corrected chi connectivity index (χ3v) is 3.44. The zero-order valence-corrected chi connectivity index (χ0v) is 12.1. The van der Waals surface area contributed by atoms with Gasteiger partial charge in [-0.1, -0.05) is 60.7 Å². The topological polar surface area (TPSA) is 49.7 Å². The molecule has 0 fully saturated rings. The van der Waals surface area contributed by atoms with Crippen molar-refractivity contribution in [2.45, 2.75) is 25.0 Å². The second-order valence-electron chi connectivity index (χ2n) is 5.04. The Labute approximate surface area is 125 Å². The van der Waals surface area contributed by atoms with Gasteiger partial charge < -0.3 is 14.9 Å². The van der Waals surface area contributed by atoms with Crippen LogP contribution in [0.4, 0.5) is 0 Å². The molecule has 112 valence electrons. The first-order valence-electron chi connectivity index (χ1n) is 7.31. The van der Waals surface area contributed by atoms with E-state index < -0.39 is 12.2 Å². The molecule has 2 unspecified atom stereocenters. The van der Waals surface area contributed by atoms with Gasteiger partial charge in [0.2, 0.25) is 0 Å². The van der Waals surface area contributed by atoms with Crippen LogP contribution in [-0.2, 0) is 4.74 Å². The highest BCUT2D eigenvalue weighted by atomic mass is 16.5. The molecule has 0 radical (unpaired) electrons. The van der Waals surface area contributed by atoms with E-state index in [1.54, 1.807) is 0 Å². The monoisotopic (exact) mass is 286 g/mol. The fraction of sp³-hybridized carbons (Fsp3) is 0.333. The Hall–Kier alpha value is -1.68. The molecule has 0 aliphatic rings. The van der Waals surface area contributed by atoms with Crippen LogP contribution in [0.3, 0.4) is 0 Å². The van der Waals surface area contributed by atoms with Crippen LogP contribution in [0.5, 0.6) is 0 Å². The molecule has 0 aromatic heterocycles. The van der Waals surface area contributed by atoms with Crippen molar-refractivity contribution < 1.29 is 14.9 Å². The van der Waals surface area contributed by atoms with Crippen molar-refractivity contribution in [1.82, 2.24) is 0 Å². The van der Waals surface area contributed by atoms with Crippen LogP contribution in [0.25, 0.3) is 0 Å². The molecular weight excluding hydrogens is 264 g/mol. The fourth-order valence-electron chi connectivity index (χ4n) is 2.18. The van der Waals surface area contributed by atoms with E-state index in [4.69, 9.17) is 4.74 Å². The van der Waals surface area contributed by atoms with Crippen LogP contribution < -0.4 is 0 Å². The molecule has 0 bridgehead atoms. The minimum Gasteiger partial charge on any atom is -0.388 e. The van der Waals surface area contributed by atoms with Crippen molar-refractivity contribution in [3.8, 4) is 0 Å². The van der Waals surface area contributed by atoms with Gasteiger partial charge in [-0.2, -0.15) is 0 Å². The Morgan fingerprint density at radius 3 is 1.43 bits per heavy atom. The Morgan fingerprint density at radius 1 is 0.667 bits per heavy atom. The van der Waals surface area contributed by atoms with Crippen molar-refractivity contribution in [3.63, 3.8) is 0 Å². The Kier molecular flexibility index (Phi) is 6.41. The number of aliphatic hydroxyl groups excluding tert-OH is 2. The van der Waals surface area contributed by atoms with Gasteiger partial charge >= 0.3 is 0 Å². The van der Waals surface area contributed by atoms with Gasteiger partial charge in [-0.05, 0) is 11.1 Å². The van der Waals surface area contributed by atoms with Crippen LogP contribution in [0, 0.1) is 0 Å². The lowest BCUT2D eigenvalue weighted by Gasteiger charge is -2.13. The van der Waals surface area contributed by atoms with Crippen LogP contribution in [0.2, 0.25) is 0 Å². The lowest BCUT2D eigenvalue weighted by molar-refractivity contribution is 0.0570. The molecule has 0 amide bonds. The lowest BCUT2D eigenvalue weighted by atomic mass is 10.1. The summed E-state index contributed by atoms with van der Waals surface area (Å²) in [5, 5.41) is 20.0. The van der Waals surface area contributed by atoms with Crippen LogP contribution in [-0.4, -0.2) is 23.4 Å². The molecule has 3 heteroatoms. The van der Waals surface area contributed by atoms with Crippen molar-refractivity contribution in [2.75, 3.05) is 13.2 Å². The van der Waals surface area contributed by atoms with Gasteiger partial charge in [0.1, 0.15) is 0 Å². The van der Waals surface area contributed by atoms with Crippen LogP contribution >= 0.6 is 0 Å². The molecule has 0 heterocycles. The van der Waals surface area contributed by atoms with Crippen LogP contribution in [0.1, 0.15) is 36.2 Å². The molecule has 2 N–H and O–H groups in total. The second-order valence-corrected chi connectivity index (χ2v) is 5.04. The highest BCUT2D eigenvalue weighted by molar-refractivity contribution is 5.17. The van der Waals surface area contributed by atoms with Gasteiger partial charge in [0.05, 0.1) is 12.2 Å². The SMILES string of the molecule is OC(CCOCCC(O)c1ccccc1)c1ccccc1. The fourth-order valence-corrected chi connectivity index (χ4v) is 2.18. The van der Waals surface area contributed by atoms with Gasteiger partial charge in [0.15, 0.2) is 0 Å². The number of ether oxygens (including phenoxy) is 1. The zero-order valence-electron chi connectivity index (χ0n) is 12.1. The zero-order chi connectivity index (χ0) is 14.9. The third kappa shape index (κ3) is 5.31. The Balaban J connectivity index is 1.62. The molecule has 3 nitrogen and oxygen atoms in total. The van der Waals surface area contributed by atoms with E-state index in [1.807, 2.05) is 60.7 Å². The molecule has 0 saturated carbocycles. The first-order chi connectivity index (χ1) is 10.3. The Bertz CT molecular complexity index is 451. The number of rotatable bonds is 8. The summed E-state index contributed by atoms with van der Waals surface area (Å²) in [7, 11) is 0. The standard InChI is InChI=1S/C18H22O3/c19-17(15-7-3-1-4-8-15)11-13-21-14-12-18(20)16-9-5-2-6-10-16/h1-10,17-20H,11-14H2. The molecule has 0 aliphatic heterocycles. The minimum atomic E-state index is -0.495. The third-order valence-electron chi connectivity index (χ3n) is 3.44. The summed E-state index contributed by atoms with van der Waals surface area (Å²) in [6.45, 7) is 0.967. The summed E-state index contributed by atoms with van der Waals surface area (Å²) in [5.41, 5.74) is 1.82. The first-order valence-corrected chi connectivity index (χ1v) is 7.31. The molecule has 2 aromatic rings. The maximum Gasteiger partial charge on any atom is 0.0812 e. The normalized spacial score (nSPS) is 13.8. The summed E-state index contributed by atoms with van der Waals surface area (Å²) < 4.78 is 5.50. The van der Waals surface area contributed by atoms with Gasteiger partial charge in [-0.3, -0.25) is 0 Å². The summed E-state index contributed by atoms with van der Waals surface area (Å²) in [5.74, 6) is 0. The molecule has 2 rings (SSSR count). The largest absolute Gasteiger partial charge is 0.388 e. The second kappa shape index (κ2) is 8.57. The average Bonchev–Trinajstić information content (AvgIpc) is 2.55. The highest BCUT2D eigenvalue weighted by Gasteiger charge is 2.08. The summed E-state index contributed by atoms with van der Waals surface area (Å²) >= 11 is 0. The van der Waals surface area contributed by atoms with Crippen molar-refractivity contribution >= 4 is 0 Å². The van der Waals surface area contributed by atoms with Gasteiger partial charge in [0.25, 0.3) is 0 Å². The van der Waals surface area contributed by atoms with Gasteiger partial charge in [0, 0.05) is 26.1 Å². The Morgan fingerprint density at radius 2 is 1.05 bits per heavy atom. The summed E-state index contributed by atoms with van der Waals surface area (Å²) in [6.07, 6.45) is 0.132. The molecular formula is C18H22O3. The first kappa shape index (κ1) is 15.7.